The highest BCUT2D eigenvalue weighted by atomic mass is 32.2. The number of ketones is 1. The van der Waals surface area contributed by atoms with Crippen molar-refractivity contribution in [3.05, 3.63) is 70.8 Å². The summed E-state index contributed by atoms with van der Waals surface area (Å²) in [6, 6.07) is 16.5. The summed E-state index contributed by atoms with van der Waals surface area (Å²) < 4.78 is 0. The van der Waals surface area contributed by atoms with Gasteiger partial charge in [-0.15, -0.1) is 0 Å². The molecule has 2 nitrogen and oxygen atoms in total. The zero-order valence-electron chi connectivity index (χ0n) is 15.0. The maximum Gasteiger partial charge on any atom is 0.189 e. The smallest absolute Gasteiger partial charge is 0.189 e. The van der Waals surface area contributed by atoms with E-state index in [0.717, 1.165) is 24.0 Å². The lowest BCUT2D eigenvalue weighted by molar-refractivity contribution is -0.121. The van der Waals surface area contributed by atoms with Crippen LogP contribution in [0.25, 0.3) is 0 Å². The van der Waals surface area contributed by atoms with Gasteiger partial charge in [0.2, 0.25) is 0 Å². The number of Topliss-reactive ketones (excluding diaryl/α,β-unsaturated/α-hetero) is 1. The van der Waals surface area contributed by atoms with Gasteiger partial charge in [-0.3, -0.25) is 9.59 Å². The average Bonchev–Trinajstić information content (AvgIpc) is 2.67. The molecule has 132 valence electrons. The monoisotopic (exact) mass is 362 g/mol. The first kappa shape index (κ1) is 18.5. The highest BCUT2D eigenvalue weighted by Gasteiger charge is 2.19. The van der Waals surface area contributed by atoms with Gasteiger partial charge in [0.15, 0.2) is 5.12 Å². The lowest BCUT2D eigenvalue weighted by Gasteiger charge is -2.21. The number of carbonyl (C=O) groups is 2. The van der Waals surface area contributed by atoms with Crippen molar-refractivity contribution < 1.29 is 9.59 Å². The molecular formula is C23H22O2S. The summed E-state index contributed by atoms with van der Waals surface area (Å²) in [4.78, 5) is 23.6. The van der Waals surface area contributed by atoms with Crippen molar-refractivity contribution in [3.63, 3.8) is 0 Å². The van der Waals surface area contributed by atoms with Gasteiger partial charge in [-0.25, -0.2) is 0 Å². The molecule has 1 atom stereocenters. The van der Waals surface area contributed by atoms with Crippen LogP contribution in [0, 0.1) is 11.8 Å². The molecule has 0 amide bonds. The number of benzene rings is 2. The summed E-state index contributed by atoms with van der Waals surface area (Å²) in [5, 5.41) is 0.0823. The number of fused-ring (bicyclic) bond motifs is 2. The first-order valence-corrected chi connectivity index (χ1v) is 10.2. The Morgan fingerprint density at radius 1 is 0.962 bits per heavy atom. The van der Waals surface area contributed by atoms with Crippen LogP contribution in [0.1, 0.15) is 53.9 Å². The van der Waals surface area contributed by atoms with Crippen molar-refractivity contribution in [3.8, 4) is 11.8 Å². The summed E-state index contributed by atoms with van der Waals surface area (Å²) in [5.41, 5.74) is 4.59. The van der Waals surface area contributed by atoms with E-state index in [1.54, 1.807) is 6.26 Å². The van der Waals surface area contributed by atoms with E-state index in [1.807, 2.05) is 24.3 Å². The second-order valence-corrected chi connectivity index (χ2v) is 7.41. The van der Waals surface area contributed by atoms with E-state index in [4.69, 9.17) is 0 Å². The summed E-state index contributed by atoms with van der Waals surface area (Å²) in [6.45, 7) is 0. The van der Waals surface area contributed by atoms with Crippen LogP contribution in [-0.4, -0.2) is 17.2 Å². The summed E-state index contributed by atoms with van der Waals surface area (Å²) in [7, 11) is 0. The molecule has 0 N–H and O–H groups in total. The van der Waals surface area contributed by atoms with Crippen LogP contribution < -0.4 is 0 Å². The van der Waals surface area contributed by atoms with Crippen LogP contribution in [0.2, 0.25) is 0 Å². The largest absolute Gasteiger partial charge is 0.300 e. The predicted molar refractivity (Wildman–Crippen MR) is 107 cm³/mol. The van der Waals surface area contributed by atoms with Gasteiger partial charge < -0.3 is 0 Å². The third-order valence-corrected chi connectivity index (χ3v) is 5.48. The van der Waals surface area contributed by atoms with Gasteiger partial charge in [-0.2, -0.15) is 0 Å². The molecule has 0 aromatic heterocycles. The van der Waals surface area contributed by atoms with E-state index >= 15 is 0 Å². The van der Waals surface area contributed by atoms with Gasteiger partial charge in [0.25, 0.3) is 0 Å². The summed E-state index contributed by atoms with van der Waals surface area (Å²) >= 11 is 1.19. The van der Waals surface area contributed by atoms with Gasteiger partial charge in [0.1, 0.15) is 5.78 Å². The molecule has 2 aromatic rings. The number of thioether (sulfide) groups is 1. The molecule has 0 saturated heterocycles. The van der Waals surface area contributed by atoms with Crippen LogP contribution in [0.15, 0.2) is 48.5 Å². The zero-order valence-corrected chi connectivity index (χ0v) is 15.8. The maximum absolute atomic E-state index is 12.2. The van der Waals surface area contributed by atoms with Crippen molar-refractivity contribution in [2.75, 3.05) is 6.26 Å². The molecule has 3 rings (SSSR count). The number of hydrogen-bond donors (Lipinski definition) is 0. The molecule has 0 aliphatic heterocycles. The van der Waals surface area contributed by atoms with Crippen molar-refractivity contribution in [1.82, 2.24) is 0 Å². The Kier molecular flexibility index (Phi) is 6.30. The molecule has 2 aromatic carbocycles. The standard InChI is InChI=1S/C23H22O2S/c1-26-23(25)15-14-21(24)13-12-20-16-19-8-3-2-6-17(19)10-11-18-7-4-5-9-22(18)20/h2-9,20H,12-16H2,1H3. The van der Waals surface area contributed by atoms with E-state index in [-0.39, 0.29) is 16.8 Å². The molecule has 0 bridgehead atoms. The van der Waals surface area contributed by atoms with Gasteiger partial charge >= 0.3 is 0 Å². The SMILES string of the molecule is CSC(=O)CCC(=O)CCC1Cc2ccccc2C#Cc2ccccc21. The van der Waals surface area contributed by atoms with Crippen LogP contribution >= 0.6 is 11.8 Å². The van der Waals surface area contributed by atoms with Crippen molar-refractivity contribution >= 4 is 22.7 Å². The van der Waals surface area contributed by atoms with Gasteiger partial charge in [0.05, 0.1) is 0 Å². The van der Waals surface area contributed by atoms with E-state index < -0.39 is 0 Å². The summed E-state index contributed by atoms with van der Waals surface area (Å²) in [5.74, 6) is 7.03. The topological polar surface area (TPSA) is 34.1 Å². The second-order valence-electron chi connectivity index (χ2n) is 6.55. The molecule has 0 radical (unpaired) electrons. The first-order valence-electron chi connectivity index (χ1n) is 8.94. The van der Waals surface area contributed by atoms with Gasteiger partial charge in [-0.05, 0) is 48.3 Å². The Balaban J connectivity index is 1.77. The summed E-state index contributed by atoms with van der Waals surface area (Å²) in [6.07, 6.45) is 4.64. The first-order chi connectivity index (χ1) is 12.7. The Bertz CT molecular complexity index is 873. The molecule has 0 heterocycles. The Morgan fingerprint density at radius 2 is 1.65 bits per heavy atom. The molecule has 0 fully saturated rings. The Hall–Kier alpha value is -2.31. The Labute approximate surface area is 159 Å². The molecule has 0 spiro atoms. The molecule has 0 saturated carbocycles. The van der Waals surface area contributed by atoms with Crippen molar-refractivity contribution in [1.29, 1.82) is 0 Å². The minimum Gasteiger partial charge on any atom is -0.300 e. The van der Waals surface area contributed by atoms with E-state index in [2.05, 4.69) is 36.1 Å². The fraction of sp³-hybridized carbons (Fsp3) is 0.304. The third-order valence-electron chi connectivity index (χ3n) is 4.82. The van der Waals surface area contributed by atoms with Crippen LogP contribution in [0.3, 0.4) is 0 Å². The van der Waals surface area contributed by atoms with E-state index in [0.29, 0.717) is 19.3 Å². The van der Waals surface area contributed by atoms with Crippen LogP contribution in [0.5, 0.6) is 0 Å². The van der Waals surface area contributed by atoms with Crippen molar-refractivity contribution in [2.45, 2.75) is 38.0 Å². The minimum absolute atomic E-state index is 0.0823. The number of hydrogen-bond acceptors (Lipinski definition) is 3. The maximum atomic E-state index is 12.2. The lowest BCUT2D eigenvalue weighted by atomic mass is 9.82. The minimum atomic E-state index is 0.0823. The number of carbonyl (C=O) groups excluding carboxylic acids is 2. The van der Waals surface area contributed by atoms with E-state index in [1.165, 1.54) is 22.9 Å². The fourth-order valence-corrected chi connectivity index (χ4v) is 3.66. The van der Waals surface area contributed by atoms with Crippen LogP contribution in [0.4, 0.5) is 0 Å². The lowest BCUT2D eigenvalue weighted by Crippen LogP contribution is -2.11. The normalized spacial score (nSPS) is 14.9. The molecule has 1 aliphatic carbocycles. The molecule has 26 heavy (non-hydrogen) atoms. The average molecular weight is 362 g/mol. The van der Waals surface area contributed by atoms with E-state index in [9.17, 15) is 9.59 Å². The van der Waals surface area contributed by atoms with Gasteiger partial charge in [0, 0.05) is 30.4 Å². The Morgan fingerprint density at radius 3 is 2.46 bits per heavy atom. The third kappa shape index (κ3) is 4.65. The molecule has 1 aliphatic rings. The second kappa shape index (κ2) is 8.87. The van der Waals surface area contributed by atoms with Gasteiger partial charge in [-0.1, -0.05) is 60.0 Å². The predicted octanol–water partition coefficient (Wildman–Crippen LogP) is 4.75. The highest BCUT2D eigenvalue weighted by Crippen LogP contribution is 2.31. The molecule has 3 heteroatoms. The molecule has 1 unspecified atom stereocenters. The zero-order chi connectivity index (χ0) is 18.4. The van der Waals surface area contributed by atoms with Crippen molar-refractivity contribution in [2.24, 2.45) is 0 Å². The molecular weight excluding hydrogens is 340 g/mol. The highest BCUT2D eigenvalue weighted by molar-refractivity contribution is 8.13. The van der Waals surface area contributed by atoms with Crippen LogP contribution in [-0.2, 0) is 16.0 Å². The number of rotatable bonds is 6. The quantitative estimate of drug-likeness (QED) is 0.696. The fourth-order valence-electron chi connectivity index (χ4n) is 3.36.